The topological polar surface area (TPSA) is 67.1 Å². The van der Waals surface area contributed by atoms with Gasteiger partial charge in [-0.2, -0.15) is 0 Å². The molecular formula is C18H32N6. The first kappa shape index (κ1) is 18.5. The van der Waals surface area contributed by atoms with Crippen molar-refractivity contribution >= 4 is 5.96 Å². The Hall–Kier alpha value is -1.85. The Morgan fingerprint density at radius 1 is 1.38 bits per heavy atom. The number of aromatic nitrogens is 3. The normalized spacial score (nSPS) is 21.5. The molecule has 0 bridgehead atoms. The van der Waals surface area contributed by atoms with E-state index in [1.54, 1.807) is 6.33 Å². The number of guanidine groups is 1. The second-order valence-electron chi connectivity index (χ2n) is 6.94. The summed E-state index contributed by atoms with van der Waals surface area (Å²) in [5.41, 5.74) is 1.07. The van der Waals surface area contributed by atoms with E-state index in [0.717, 1.165) is 42.8 Å². The number of aliphatic imine (C=N–C) groups is 1. The minimum Gasteiger partial charge on any atom is -0.355 e. The molecule has 1 saturated carbocycles. The maximum absolute atomic E-state index is 4.65. The third-order valence-corrected chi connectivity index (χ3v) is 4.52. The second-order valence-corrected chi connectivity index (χ2v) is 6.94. The van der Waals surface area contributed by atoms with Crippen molar-refractivity contribution in [3.63, 3.8) is 0 Å². The van der Waals surface area contributed by atoms with Crippen LogP contribution in [0, 0.1) is 5.92 Å². The molecule has 1 aromatic rings. The van der Waals surface area contributed by atoms with Crippen LogP contribution in [0.5, 0.6) is 0 Å². The third kappa shape index (κ3) is 5.98. The highest BCUT2D eigenvalue weighted by Gasteiger charge is 2.18. The van der Waals surface area contributed by atoms with Gasteiger partial charge in [0.2, 0.25) is 0 Å². The molecule has 134 valence electrons. The molecule has 1 aromatic heterocycles. The Labute approximate surface area is 145 Å². The molecule has 0 aromatic carbocycles. The second kappa shape index (κ2) is 9.45. The van der Waals surface area contributed by atoms with Gasteiger partial charge < -0.3 is 15.2 Å². The monoisotopic (exact) mass is 332 g/mol. The van der Waals surface area contributed by atoms with E-state index in [9.17, 15) is 0 Å². The van der Waals surface area contributed by atoms with Crippen molar-refractivity contribution in [1.29, 1.82) is 0 Å². The highest BCUT2D eigenvalue weighted by molar-refractivity contribution is 5.80. The molecule has 1 fully saturated rings. The zero-order valence-electron chi connectivity index (χ0n) is 15.4. The molecule has 24 heavy (non-hydrogen) atoms. The largest absolute Gasteiger partial charge is 0.355 e. The van der Waals surface area contributed by atoms with Crippen molar-refractivity contribution in [1.82, 2.24) is 25.4 Å². The summed E-state index contributed by atoms with van der Waals surface area (Å²) in [6.45, 7) is 12.7. The zero-order valence-corrected chi connectivity index (χ0v) is 15.4. The summed E-state index contributed by atoms with van der Waals surface area (Å²) in [6, 6.07) is 0.527. The van der Waals surface area contributed by atoms with Crippen molar-refractivity contribution in [3.8, 4) is 0 Å². The van der Waals surface area contributed by atoms with Crippen molar-refractivity contribution < 1.29 is 0 Å². The lowest BCUT2D eigenvalue weighted by atomic mass is 9.87. The predicted molar refractivity (Wildman–Crippen MR) is 99.1 cm³/mol. The smallest absolute Gasteiger partial charge is 0.191 e. The third-order valence-electron chi connectivity index (χ3n) is 4.52. The van der Waals surface area contributed by atoms with Crippen LogP contribution in [0.3, 0.4) is 0 Å². The van der Waals surface area contributed by atoms with Crippen LogP contribution in [0.2, 0.25) is 0 Å². The maximum atomic E-state index is 4.65. The molecular weight excluding hydrogens is 300 g/mol. The van der Waals surface area contributed by atoms with E-state index in [0.29, 0.717) is 12.6 Å². The van der Waals surface area contributed by atoms with Crippen LogP contribution < -0.4 is 10.6 Å². The first-order chi connectivity index (χ1) is 11.6. The first-order valence-corrected chi connectivity index (χ1v) is 9.14. The molecule has 0 radical (unpaired) electrons. The fraction of sp³-hybridized carbons (Fsp3) is 0.722. The Balaban J connectivity index is 1.86. The maximum Gasteiger partial charge on any atom is 0.191 e. The fourth-order valence-corrected chi connectivity index (χ4v) is 3.00. The SMILES string of the molecule is C=C(C)CN=C(NCCn1cnnc1CC)NC1CCC(C)CC1. The van der Waals surface area contributed by atoms with Gasteiger partial charge in [0.1, 0.15) is 12.2 Å². The summed E-state index contributed by atoms with van der Waals surface area (Å²) in [7, 11) is 0. The molecule has 2 rings (SSSR count). The Bertz CT molecular complexity index is 539. The van der Waals surface area contributed by atoms with Gasteiger partial charge in [0.25, 0.3) is 0 Å². The minimum atomic E-state index is 0.527. The number of aryl methyl sites for hydroxylation is 1. The van der Waals surface area contributed by atoms with Gasteiger partial charge in [0, 0.05) is 25.6 Å². The van der Waals surface area contributed by atoms with Crippen LogP contribution >= 0.6 is 0 Å². The van der Waals surface area contributed by atoms with Gasteiger partial charge in [0.15, 0.2) is 5.96 Å². The van der Waals surface area contributed by atoms with Crippen molar-refractivity contribution in [2.24, 2.45) is 10.9 Å². The first-order valence-electron chi connectivity index (χ1n) is 9.14. The molecule has 1 heterocycles. The molecule has 0 spiro atoms. The summed E-state index contributed by atoms with van der Waals surface area (Å²) in [4.78, 5) is 4.65. The molecule has 6 nitrogen and oxygen atoms in total. The van der Waals surface area contributed by atoms with Crippen LogP contribution in [0.15, 0.2) is 23.5 Å². The lowest BCUT2D eigenvalue weighted by Crippen LogP contribution is -2.45. The van der Waals surface area contributed by atoms with E-state index >= 15 is 0 Å². The van der Waals surface area contributed by atoms with Gasteiger partial charge in [0.05, 0.1) is 6.54 Å². The number of nitrogens with one attached hydrogen (secondary N) is 2. The Kier molecular flexibility index (Phi) is 7.28. The van der Waals surface area contributed by atoms with Crippen LogP contribution in [0.25, 0.3) is 0 Å². The zero-order chi connectivity index (χ0) is 17.4. The van der Waals surface area contributed by atoms with Crippen molar-refractivity contribution in [3.05, 3.63) is 24.3 Å². The predicted octanol–water partition coefficient (Wildman–Crippen LogP) is 2.53. The van der Waals surface area contributed by atoms with Gasteiger partial charge in [-0.05, 0) is 38.5 Å². The van der Waals surface area contributed by atoms with Gasteiger partial charge in [-0.25, -0.2) is 4.99 Å². The van der Waals surface area contributed by atoms with Gasteiger partial charge in [-0.3, -0.25) is 0 Å². The van der Waals surface area contributed by atoms with E-state index in [1.165, 1.54) is 25.7 Å². The van der Waals surface area contributed by atoms with Gasteiger partial charge in [-0.15, -0.1) is 10.2 Å². The van der Waals surface area contributed by atoms with Crippen LogP contribution in [0.4, 0.5) is 0 Å². The van der Waals surface area contributed by atoms with E-state index in [-0.39, 0.29) is 0 Å². The average Bonchev–Trinajstić information content (AvgIpc) is 3.02. The quantitative estimate of drug-likeness (QED) is 0.457. The van der Waals surface area contributed by atoms with E-state index in [2.05, 4.69) is 50.8 Å². The molecule has 0 aliphatic heterocycles. The Morgan fingerprint density at radius 3 is 2.79 bits per heavy atom. The minimum absolute atomic E-state index is 0.527. The number of hydrogen-bond donors (Lipinski definition) is 2. The van der Waals surface area contributed by atoms with Crippen LogP contribution in [0.1, 0.15) is 52.3 Å². The summed E-state index contributed by atoms with van der Waals surface area (Å²) in [5.74, 6) is 2.77. The van der Waals surface area contributed by atoms with Gasteiger partial charge >= 0.3 is 0 Å². The summed E-state index contributed by atoms with van der Waals surface area (Å²) >= 11 is 0. The highest BCUT2D eigenvalue weighted by atomic mass is 15.3. The molecule has 6 heteroatoms. The van der Waals surface area contributed by atoms with Crippen molar-refractivity contribution in [2.45, 2.75) is 65.5 Å². The van der Waals surface area contributed by atoms with Crippen molar-refractivity contribution in [2.75, 3.05) is 13.1 Å². The van der Waals surface area contributed by atoms with Crippen LogP contribution in [-0.4, -0.2) is 39.9 Å². The molecule has 1 aliphatic carbocycles. The van der Waals surface area contributed by atoms with E-state index < -0.39 is 0 Å². The lowest BCUT2D eigenvalue weighted by molar-refractivity contribution is 0.329. The molecule has 0 atom stereocenters. The Morgan fingerprint density at radius 2 is 2.12 bits per heavy atom. The average molecular weight is 332 g/mol. The number of rotatable bonds is 7. The summed E-state index contributed by atoms with van der Waals surface area (Å²) in [5, 5.41) is 15.1. The highest BCUT2D eigenvalue weighted by Crippen LogP contribution is 2.23. The number of hydrogen-bond acceptors (Lipinski definition) is 3. The summed E-state index contributed by atoms with van der Waals surface area (Å²) < 4.78 is 2.09. The van der Waals surface area contributed by atoms with E-state index in [1.807, 2.05) is 6.92 Å². The molecule has 0 amide bonds. The molecule has 0 saturated heterocycles. The molecule has 1 aliphatic rings. The van der Waals surface area contributed by atoms with E-state index in [4.69, 9.17) is 0 Å². The number of nitrogens with zero attached hydrogens (tertiary/aromatic N) is 4. The van der Waals surface area contributed by atoms with Gasteiger partial charge in [-0.1, -0.05) is 26.0 Å². The van der Waals surface area contributed by atoms with Crippen LogP contribution in [-0.2, 0) is 13.0 Å². The fourth-order valence-electron chi connectivity index (χ4n) is 3.00. The summed E-state index contributed by atoms with van der Waals surface area (Å²) in [6.07, 6.45) is 7.73. The molecule has 0 unspecified atom stereocenters. The lowest BCUT2D eigenvalue weighted by Gasteiger charge is -2.28. The standard InChI is InChI=1S/C18H32N6/c1-5-17-23-21-13-24(17)11-10-19-18(20-12-14(2)3)22-16-8-6-15(4)7-9-16/h13,15-16H,2,5-12H2,1,3-4H3,(H2,19,20,22). The molecule has 2 N–H and O–H groups in total.